The van der Waals surface area contributed by atoms with Crippen LogP contribution in [0, 0.1) is 0 Å². The van der Waals surface area contributed by atoms with Crippen LogP contribution in [0.25, 0.3) is 16.8 Å². The van der Waals surface area contributed by atoms with Crippen molar-refractivity contribution in [1.29, 1.82) is 0 Å². The number of benzene rings is 1. The molecule has 1 saturated heterocycles. The van der Waals surface area contributed by atoms with E-state index in [0.717, 1.165) is 6.07 Å². The van der Waals surface area contributed by atoms with E-state index in [1.807, 2.05) is 0 Å². The number of likely N-dealkylation sites (tertiary alicyclic amines) is 1. The minimum Gasteiger partial charge on any atom is -0.507 e. The number of nitrogens with one attached hydrogen (secondary N) is 1. The molecule has 0 radical (unpaired) electrons. The number of anilines is 1. The zero-order chi connectivity index (χ0) is 25.5. The fraction of sp³-hybridized carbons (Fsp3) is 0.435. The van der Waals surface area contributed by atoms with Gasteiger partial charge in [0.1, 0.15) is 17.5 Å². The number of carbonyl (C=O) groups excluding carboxylic acids is 1. The Hall–Kier alpha value is -3.57. The molecule has 0 aliphatic carbocycles. The lowest BCUT2D eigenvalue weighted by atomic mass is 10.0. The van der Waals surface area contributed by atoms with E-state index in [1.165, 1.54) is 11.0 Å². The molecule has 4 rings (SSSR count). The zero-order valence-corrected chi connectivity index (χ0v) is 19.3. The Morgan fingerprint density at radius 3 is 2.54 bits per heavy atom. The van der Waals surface area contributed by atoms with Crippen LogP contribution in [0.5, 0.6) is 5.75 Å². The monoisotopic (exact) mass is 495 g/mol. The summed E-state index contributed by atoms with van der Waals surface area (Å²) in [5.41, 5.74) is -0.891. The number of hydrogen-bond donors (Lipinski definition) is 2. The quantitative estimate of drug-likeness (QED) is 0.504. The molecule has 8 nitrogen and oxygen atoms in total. The first-order chi connectivity index (χ1) is 16.3. The van der Waals surface area contributed by atoms with Gasteiger partial charge in [-0.05, 0) is 51.1 Å². The summed E-state index contributed by atoms with van der Waals surface area (Å²) in [7, 11) is 0. The Kier molecular flexibility index (Phi) is 6.24. The van der Waals surface area contributed by atoms with Crippen LogP contribution in [0.4, 0.5) is 28.3 Å². The number of pyridine rings is 1. The maximum absolute atomic E-state index is 14.4. The third-order valence-electron chi connectivity index (χ3n) is 5.43. The first-order valence-corrected chi connectivity index (χ1v) is 10.9. The van der Waals surface area contributed by atoms with Crippen molar-refractivity contribution in [1.82, 2.24) is 19.5 Å². The fourth-order valence-electron chi connectivity index (χ4n) is 3.96. The third kappa shape index (κ3) is 5.41. The van der Waals surface area contributed by atoms with Crippen LogP contribution in [-0.4, -0.2) is 61.6 Å². The minimum atomic E-state index is -4.59. The Labute approximate surface area is 198 Å². The van der Waals surface area contributed by atoms with Crippen LogP contribution in [0.1, 0.15) is 32.8 Å². The summed E-state index contributed by atoms with van der Waals surface area (Å²) in [4.78, 5) is 13.7. The number of hydrogen-bond acceptors (Lipinski definition) is 6. The molecular formula is C23H25F4N5O3. The molecule has 1 aromatic carbocycles. The van der Waals surface area contributed by atoms with Gasteiger partial charge in [0.2, 0.25) is 5.95 Å². The zero-order valence-electron chi connectivity index (χ0n) is 19.3. The van der Waals surface area contributed by atoms with Gasteiger partial charge in [-0.15, -0.1) is 10.2 Å². The second kappa shape index (κ2) is 8.90. The van der Waals surface area contributed by atoms with E-state index in [2.05, 4.69) is 15.5 Å². The normalized spacial score (nSPS) is 19.1. The highest BCUT2D eigenvalue weighted by atomic mass is 19.4. The molecule has 1 amide bonds. The van der Waals surface area contributed by atoms with E-state index in [4.69, 9.17) is 4.74 Å². The molecule has 1 fully saturated rings. The highest BCUT2D eigenvalue weighted by Gasteiger charge is 2.34. The average molecular weight is 495 g/mol. The smallest absolute Gasteiger partial charge is 0.416 e. The minimum absolute atomic E-state index is 0.0784. The molecule has 0 saturated carbocycles. The molecule has 35 heavy (non-hydrogen) atoms. The standard InChI is InChI=1S/C23H25F4N5O3/c1-22(2,3)35-21(34)31-11-14(24)10-15(12-31)28-20-30-29-19-17(5-4-8-32(19)20)16-7-6-13(9-18(16)33)23(25,26)27/h4-9,14-15,33H,10-12H2,1-3H3,(H,28,30)/t14-,15-/m1/s1. The van der Waals surface area contributed by atoms with E-state index in [0.29, 0.717) is 11.6 Å². The number of halogens is 4. The first-order valence-electron chi connectivity index (χ1n) is 10.9. The van der Waals surface area contributed by atoms with Crippen molar-refractivity contribution in [2.75, 3.05) is 18.4 Å². The van der Waals surface area contributed by atoms with E-state index in [9.17, 15) is 27.5 Å². The third-order valence-corrected chi connectivity index (χ3v) is 5.43. The number of phenols is 1. The average Bonchev–Trinajstić information content (AvgIpc) is 3.14. The highest BCUT2D eigenvalue weighted by Crippen LogP contribution is 2.37. The molecule has 3 heterocycles. The van der Waals surface area contributed by atoms with Crippen LogP contribution in [0.2, 0.25) is 0 Å². The Balaban J connectivity index is 1.58. The second-order valence-corrected chi connectivity index (χ2v) is 9.43. The second-order valence-electron chi connectivity index (χ2n) is 9.43. The number of aromatic nitrogens is 3. The van der Waals surface area contributed by atoms with Gasteiger partial charge in [0.25, 0.3) is 0 Å². The van der Waals surface area contributed by atoms with Crippen LogP contribution < -0.4 is 5.32 Å². The number of alkyl halides is 4. The number of aromatic hydroxyl groups is 1. The number of piperidine rings is 1. The molecule has 12 heteroatoms. The molecule has 2 N–H and O–H groups in total. The Morgan fingerprint density at radius 2 is 1.89 bits per heavy atom. The summed E-state index contributed by atoms with van der Waals surface area (Å²) < 4.78 is 60.2. The summed E-state index contributed by atoms with van der Waals surface area (Å²) in [5.74, 6) is -0.289. The molecule has 2 atom stereocenters. The van der Waals surface area contributed by atoms with Gasteiger partial charge in [-0.1, -0.05) is 0 Å². The van der Waals surface area contributed by atoms with Crippen molar-refractivity contribution in [3.05, 3.63) is 42.1 Å². The van der Waals surface area contributed by atoms with Crippen molar-refractivity contribution >= 4 is 17.7 Å². The predicted octanol–water partition coefficient (Wildman–Crippen LogP) is 4.88. The molecule has 2 aromatic heterocycles. The van der Waals surface area contributed by atoms with Crippen molar-refractivity contribution in [2.45, 2.75) is 51.2 Å². The molecular weight excluding hydrogens is 470 g/mol. The number of rotatable bonds is 3. The van der Waals surface area contributed by atoms with Crippen LogP contribution in [0.15, 0.2) is 36.5 Å². The van der Waals surface area contributed by atoms with Gasteiger partial charge in [0, 0.05) is 36.3 Å². The molecule has 188 valence electrons. The topological polar surface area (TPSA) is 92.0 Å². The number of carbonyl (C=O) groups is 1. The largest absolute Gasteiger partial charge is 0.507 e. The summed E-state index contributed by atoms with van der Waals surface area (Å²) in [6, 6.07) is 5.44. The maximum Gasteiger partial charge on any atom is 0.416 e. The van der Waals surface area contributed by atoms with Crippen LogP contribution in [-0.2, 0) is 10.9 Å². The SMILES string of the molecule is CC(C)(C)OC(=O)N1C[C@H](F)C[C@@H](Nc2nnc3c(-c4ccc(C(F)(F)F)cc4O)cccn23)C1. The number of ether oxygens (including phenoxy) is 1. The van der Waals surface area contributed by atoms with Crippen molar-refractivity contribution in [3.63, 3.8) is 0 Å². The summed E-state index contributed by atoms with van der Waals surface area (Å²) in [5, 5.41) is 21.6. The molecule has 3 aromatic rings. The summed E-state index contributed by atoms with van der Waals surface area (Å²) in [6.45, 7) is 5.29. The molecule has 0 unspecified atom stereocenters. The lowest BCUT2D eigenvalue weighted by Crippen LogP contribution is -2.51. The van der Waals surface area contributed by atoms with E-state index >= 15 is 0 Å². The van der Waals surface area contributed by atoms with Crippen molar-refractivity contribution in [2.24, 2.45) is 0 Å². The summed E-state index contributed by atoms with van der Waals surface area (Å²) >= 11 is 0. The Bertz CT molecular complexity index is 1240. The molecule has 0 bridgehead atoms. The number of fused-ring (bicyclic) bond motifs is 1. The van der Waals surface area contributed by atoms with Gasteiger partial charge >= 0.3 is 12.3 Å². The fourth-order valence-corrected chi connectivity index (χ4v) is 3.96. The predicted molar refractivity (Wildman–Crippen MR) is 120 cm³/mol. The number of phenolic OH excluding ortho intramolecular Hbond substituents is 1. The molecule has 0 spiro atoms. The first kappa shape index (κ1) is 24.6. The van der Waals surface area contributed by atoms with Gasteiger partial charge < -0.3 is 20.1 Å². The Morgan fingerprint density at radius 1 is 1.14 bits per heavy atom. The van der Waals surface area contributed by atoms with Gasteiger partial charge in [0.15, 0.2) is 5.65 Å². The lowest BCUT2D eigenvalue weighted by molar-refractivity contribution is -0.137. The molecule has 1 aliphatic rings. The number of nitrogens with zero attached hydrogens (tertiary/aromatic N) is 4. The van der Waals surface area contributed by atoms with Crippen LogP contribution >= 0.6 is 0 Å². The van der Waals surface area contributed by atoms with Gasteiger partial charge in [-0.25, -0.2) is 9.18 Å². The van der Waals surface area contributed by atoms with E-state index in [1.54, 1.807) is 43.5 Å². The van der Waals surface area contributed by atoms with E-state index in [-0.39, 0.29) is 36.7 Å². The van der Waals surface area contributed by atoms with Gasteiger partial charge in [-0.3, -0.25) is 4.40 Å². The maximum atomic E-state index is 14.4. The van der Waals surface area contributed by atoms with Crippen LogP contribution in [0.3, 0.4) is 0 Å². The lowest BCUT2D eigenvalue weighted by Gasteiger charge is -2.36. The molecule has 1 aliphatic heterocycles. The summed E-state index contributed by atoms with van der Waals surface area (Å²) in [6.07, 6.45) is -4.71. The van der Waals surface area contributed by atoms with Crippen molar-refractivity contribution < 1.29 is 32.2 Å². The van der Waals surface area contributed by atoms with Crippen molar-refractivity contribution in [3.8, 4) is 16.9 Å². The van der Waals surface area contributed by atoms with Gasteiger partial charge in [0.05, 0.1) is 12.1 Å². The number of amides is 1. The van der Waals surface area contributed by atoms with Gasteiger partial charge in [-0.2, -0.15) is 13.2 Å². The van der Waals surface area contributed by atoms with E-state index < -0.39 is 41.4 Å². The highest BCUT2D eigenvalue weighted by molar-refractivity contribution is 5.82.